The lowest BCUT2D eigenvalue weighted by Gasteiger charge is -2.26. The number of nitrogens with one attached hydrogen (secondary N) is 2. The van der Waals surface area contributed by atoms with Crippen LogP contribution in [0, 0.1) is 19.7 Å². The first-order valence-corrected chi connectivity index (χ1v) is 10.8. The molecule has 0 aliphatic heterocycles. The molecule has 3 aromatic rings. The number of rotatable bonds is 8. The van der Waals surface area contributed by atoms with Crippen molar-refractivity contribution in [1.82, 2.24) is 20.6 Å². The molecule has 0 radical (unpaired) electrons. The summed E-state index contributed by atoms with van der Waals surface area (Å²) in [5, 5.41) is 5.98. The van der Waals surface area contributed by atoms with Gasteiger partial charge in [0.1, 0.15) is 17.6 Å². The van der Waals surface area contributed by atoms with Crippen LogP contribution in [0.2, 0.25) is 0 Å². The van der Waals surface area contributed by atoms with E-state index in [0.717, 1.165) is 17.3 Å². The highest BCUT2D eigenvalue weighted by Crippen LogP contribution is 2.29. The van der Waals surface area contributed by atoms with Crippen LogP contribution in [0.15, 0.2) is 54.9 Å². The number of halogens is 4. The van der Waals surface area contributed by atoms with E-state index in [1.165, 1.54) is 25.4 Å². The van der Waals surface area contributed by atoms with E-state index in [1.807, 2.05) is 13.0 Å². The van der Waals surface area contributed by atoms with Crippen molar-refractivity contribution in [3.8, 4) is 0 Å². The minimum Gasteiger partial charge on any atom is -0.358 e. The molecule has 2 unspecified atom stereocenters. The summed E-state index contributed by atoms with van der Waals surface area (Å²) >= 11 is 0. The second-order valence-electron chi connectivity index (χ2n) is 8.10. The minimum absolute atomic E-state index is 0.273. The molecule has 2 heterocycles. The van der Waals surface area contributed by atoms with E-state index in [9.17, 15) is 22.4 Å². The molecular weight excluding hydrogens is 448 g/mol. The van der Waals surface area contributed by atoms with Gasteiger partial charge in [0, 0.05) is 31.2 Å². The quantitative estimate of drug-likeness (QED) is 0.451. The molecule has 9 heteroatoms. The van der Waals surface area contributed by atoms with Crippen molar-refractivity contribution < 1.29 is 22.4 Å². The van der Waals surface area contributed by atoms with Crippen LogP contribution in [0.25, 0.3) is 0 Å². The Balaban J connectivity index is 1.88. The van der Waals surface area contributed by atoms with Gasteiger partial charge in [-0.1, -0.05) is 24.3 Å². The molecule has 5 nitrogen and oxygen atoms in total. The second kappa shape index (κ2) is 10.7. The largest absolute Gasteiger partial charge is 0.433 e. The number of pyridine rings is 2. The van der Waals surface area contributed by atoms with Crippen molar-refractivity contribution in [3.63, 3.8) is 0 Å². The van der Waals surface area contributed by atoms with Gasteiger partial charge in [0.2, 0.25) is 5.91 Å². The summed E-state index contributed by atoms with van der Waals surface area (Å²) in [6.07, 6.45) is -0.848. The van der Waals surface area contributed by atoms with Gasteiger partial charge < -0.3 is 5.32 Å². The number of alkyl halides is 3. The Morgan fingerprint density at radius 2 is 1.74 bits per heavy atom. The predicted molar refractivity (Wildman–Crippen MR) is 120 cm³/mol. The van der Waals surface area contributed by atoms with Crippen LogP contribution in [0.1, 0.15) is 52.1 Å². The lowest BCUT2D eigenvalue weighted by Crippen LogP contribution is -2.38. The molecule has 34 heavy (non-hydrogen) atoms. The third kappa shape index (κ3) is 6.38. The van der Waals surface area contributed by atoms with Gasteiger partial charge in [-0.25, -0.2) is 4.39 Å². The van der Waals surface area contributed by atoms with Gasteiger partial charge in [0.05, 0.1) is 0 Å². The van der Waals surface area contributed by atoms with Crippen LogP contribution in [-0.2, 0) is 17.4 Å². The number of nitrogens with zero attached hydrogens (tertiary/aromatic N) is 2. The molecule has 0 aliphatic rings. The number of aromatic nitrogens is 2. The maximum absolute atomic E-state index is 13.9. The summed E-state index contributed by atoms with van der Waals surface area (Å²) in [4.78, 5) is 20.5. The zero-order valence-corrected chi connectivity index (χ0v) is 19.1. The lowest BCUT2D eigenvalue weighted by molar-refractivity contribution is -0.141. The van der Waals surface area contributed by atoms with Crippen LogP contribution in [-0.4, -0.2) is 22.9 Å². The van der Waals surface area contributed by atoms with Gasteiger partial charge >= 0.3 is 6.18 Å². The van der Waals surface area contributed by atoms with E-state index in [4.69, 9.17) is 0 Å². The van der Waals surface area contributed by atoms with Crippen molar-refractivity contribution in [1.29, 1.82) is 0 Å². The van der Waals surface area contributed by atoms with E-state index < -0.39 is 24.0 Å². The fraction of sp³-hybridized carbons (Fsp3) is 0.320. The van der Waals surface area contributed by atoms with Crippen molar-refractivity contribution in [2.45, 2.75) is 44.9 Å². The first-order valence-electron chi connectivity index (χ1n) is 10.8. The van der Waals surface area contributed by atoms with Gasteiger partial charge in [-0.15, -0.1) is 0 Å². The van der Waals surface area contributed by atoms with Crippen molar-refractivity contribution in [2.75, 3.05) is 7.05 Å². The number of amides is 1. The summed E-state index contributed by atoms with van der Waals surface area (Å²) in [5.41, 5.74) is 2.34. The molecule has 0 saturated carbocycles. The minimum atomic E-state index is -4.50. The van der Waals surface area contributed by atoms with Crippen molar-refractivity contribution in [2.24, 2.45) is 0 Å². The molecule has 1 aromatic carbocycles. The van der Waals surface area contributed by atoms with E-state index >= 15 is 0 Å². The fourth-order valence-electron chi connectivity index (χ4n) is 3.60. The highest BCUT2D eigenvalue weighted by molar-refractivity contribution is 5.82. The van der Waals surface area contributed by atoms with Gasteiger partial charge in [0.15, 0.2) is 0 Å². The van der Waals surface area contributed by atoms with Crippen LogP contribution >= 0.6 is 0 Å². The number of hydrogen-bond acceptors (Lipinski definition) is 4. The molecule has 180 valence electrons. The zero-order valence-electron chi connectivity index (χ0n) is 19.1. The average Bonchev–Trinajstić information content (AvgIpc) is 2.81. The first kappa shape index (κ1) is 25.3. The topological polar surface area (TPSA) is 66.9 Å². The highest BCUT2D eigenvalue weighted by atomic mass is 19.4. The number of likely N-dealkylation sites (N-methyl/N-ethyl adjacent to an activating group) is 1. The number of carbonyl (C=O) groups excluding carboxylic acids is 1. The predicted octanol–water partition coefficient (Wildman–Crippen LogP) is 5.00. The maximum Gasteiger partial charge on any atom is 0.433 e. The Labute approximate surface area is 195 Å². The van der Waals surface area contributed by atoms with Crippen LogP contribution in [0.5, 0.6) is 0 Å². The Kier molecular flexibility index (Phi) is 7.98. The third-order valence-corrected chi connectivity index (χ3v) is 5.57. The molecule has 0 spiro atoms. The molecule has 1 amide bonds. The maximum atomic E-state index is 13.9. The zero-order chi connectivity index (χ0) is 24.9. The molecule has 0 bridgehead atoms. The smallest absolute Gasteiger partial charge is 0.358 e. The van der Waals surface area contributed by atoms with E-state index in [1.54, 1.807) is 31.3 Å². The van der Waals surface area contributed by atoms with E-state index in [2.05, 4.69) is 20.6 Å². The Morgan fingerprint density at radius 1 is 1.00 bits per heavy atom. The molecule has 0 fully saturated rings. The SMILES string of the molecule is CNC(=O)C(NC(CCc1ccc(C(F)(F)F)nc1)c1ccc(F)c(C)c1)c1ccc(C)nc1. The fourth-order valence-corrected chi connectivity index (χ4v) is 3.60. The molecule has 3 rings (SSSR count). The molecule has 0 aliphatic carbocycles. The first-order chi connectivity index (χ1) is 16.1. The van der Waals surface area contributed by atoms with Gasteiger partial charge in [-0.2, -0.15) is 13.2 Å². The third-order valence-electron chi connectivity index (χ3n) is 5.57. The highest BCUT2D eigenvalue weighted by Gasteiger charge is 2.32. The Bertz CT molecular complexity index is 1120. The Morgan fingerprint density at radius 3 is 2.29 bits per heavy atom. The molecule has 0 saturated heterocycles. The van der Waals surface area contributed by atoms with Crippen molar-refractivity contribution >= 4 is 5.91 Å². The Hall–Kier alpha value is -3.33. The van der Waals surface area contributed by atoms with Crippen LogP contribution in [0.4, 0.5) is 17.6 Å². The van der Waals surface area contributed by atoms with Gasteiger partial charge in [-0.05, 0) is 67.1 Å². The molecular formula is C25H26F4N4O. The molecule has 2 atom stereocenters. The lowest BCUT2D eigenvalue weighted by atomic mass is 9.96. The summed E-state index contributed by atoms with van der Waals surface area (Å²) in [5.74, 6) is -0.620. The normalized spacial score (nSPS) is 13.4. The number of benzene rings is 1. The number of aryl methyl sites for hydroxylation is 3. The van der Waals surface area contributed by atoms with E-state index in [0.29, 0.717) is 29.5 Å². The van der Waals surface area contributed by atoms with E-state index in [-0.39, 0.29) is 11.7 Å². The second-order valence-corrected chi connectivity index (χ2v) is 8.10. The van der Waals surface area contributed by atoms with Gasteiger partial charge in [0.25, 0.3) is 0 Å². The summed E-state index contributed by atoms with van der Waals surface area (Å²) in [7, 11) is 1.53. The summed E-state index contributed by atoms with van der Waals surface area (Å²) < 4.78 is 52.4. The summed E-state index contributed by atoms with van der Waals surface area (Å²) in [6, 6.07) is 9.52. The average molecular weight is 475 g/mol. The summed E-state index contributed by atoms with van der Waals surface area (Å²) in [6.45, 7) is 3.49. The standard InChI is InChI=1S/C25H26F4N4O/c1-15-12-18(8-9-20(15)26)21(10-5-17-6-11-22(32-13-17)25(27,28)29)33-23(24(34)30-3)19-7-4-16(2)31-14-19/h4,6-9,11-14,21,23,33H,5,10H2,1-3H3,(H,30,34). The van der Waals surface area contributed by atoms with Gasteiger partial charge in [-0.3, -0.25) is 20.1 Å². The van der Waals surface area contributed by atoms with Crippen LogP contribution in [0.3, 0.4) is 0 Å². The number of hydrogen-bond donors (Lipinski definition) is 2. The monoisotopic (exact) mass is 474 g/mol. The van der Waals surface area contributed by atoms with Crippen LogP contribution < -0.4 is 10.6 Å². The van der Waals surface area contributed by atoms with Crippen molar-refractivity contribution in [3.05, 3.63) is 94.3 Å². The molecule has 2 N–H and O–H groups in total. The number of carbonyl (C=O) groups is 1. The molecule has 2 aromatic heterocycles.